The lowest BCUT2D eigenvalue weighted by molar-refractivity contribution is 0.122. The molecule has 0 aliphatic carbocycles. The topological polar surface area (TPSA) is 101 Å². The van der Waals surface area contributed by atoms with Crippen molar-refractivity contribution >= 4 is 16.7 Å². The van der Waals surface area contributed by atoms with E-state index in [9.17, 15) is 10.5 Å². The number of rotatable bonds is 2. The summed E-state index contributed by atoms with van der Waals surface area (Å²) in [7, 11) is 0. The first-order chi connectivity index (χ1) is 13.1. The maximum Gasteiger partial charge on any atom is 0.158 e. The molecule has 0 amide bonds. The normalized spacial score (nSPS) is 18.4. The third-order valence-corrected chi connectivity index (χ3v) is 5.21. The van der Waals surface area contributed by atoms with Gasteiger partial charge in [0.1, 0.15) is 0 Å². The SMILES string of the molecule is CC1=C(C#N)C(c2ccc3[nH]nc(N4CCOCC4)c3c2)C(C#N)=C(C)N1. The molecule has 1 saturated heterocycles. The molecule has 7 heteroatoms. The number of morpholine rings is 1. The fourth-order valence-corrected chi connectivity index (χ4v) is 3.84. The highest BCUT2D eigenvalue weighted by Crippen LogP contribution is 2.39. The van der Waals surface area contributed by atoms with Crippen molar-refractivity contribution in [1.82, 2.24) is 15.5 Å². The number of hydrogen-bond donors (Lipinski definition) is 2. The van der Waals surface area contributed by atoms with Crippen LogP contribution in [0.2, 0.25) is 0 Å². The van der Waals surface area contributed by atoms with Gasteiger partial charge in [-0.05, 0) is 31.5 Å². The van der Waals surface area contributed by atoms with Crippen molar-refractivity contribution in [3.8, 4) is 12.1 Å². The van der Waals surface area contributed by atoms with Crippen molar-refractivity contribution < 1.29 is 4.74 Å². The predicted octanol–water partition coefficient (Wildman–Crippen LogP) is 2.68. The van der Waals surface area contributed by atoms with Gasteiger partial charge >= 0.3 is 0 Å². The Kier molecular flexibility index (Phi) is 4.31. The number of dihydropyridines is 1. The van der Waals surface area contributed by atoms with Gasteiger partial charge in [0.25, 0.3) is 0 Å². The molecule has 0 spiro atoms. The Morgan fingerprint density at radius 1 is 1.11 bits per heavy atom. The molecular weight excluding hydrogens is 340 g/mol. The van der Waals surface area contributed by atoms with Crippen LogP contribution in [0.25, 0.3) is 10.9 Å². The molecule has 0 atom stereocenters. The van der Waals surface area contributed by atoms with E-state index in [1.54, 1.807) is 0 Å². The molecule has 3 heterocycles. The van der Waals surface area contributed by atoms with Crippen LogP contribution in [0.3, 0.4) is 0 Å². The van der Waals surface area contributed by atoms with Gasteiger partial charge in [-0.3, -0.25) is 5.10 Å². The van der Waals surface area contributed by atoms with E-state index in [0.717, 1.165) is 46.8 Å². The van der Waals surface area contributed by atoms with Crippen LogP contribution in [0.1, 0.15) is 25.3 Å². The summed E-state index contributed by atoms with van der Waals surface area (Å²) >= 11 is 0. The molecule has 27 heavy (non-hydrogen) atoms. The number of nitrogens with zero attached hydrogens (tertiary/aromatic N) is 4. The van der Waals surface area contributed by atoms with E-state index >= 15 is 0 Å². The van der Waals surface area contributed by atoms with Crippen LogP contribution in [-0.2, 0) is 4.74 Å². The lowest BCUT2D eigenvalue weighted by Crippen LogP contribution is -2.36. The number of aromatic amines is 1. The smallest absolute Gasteiger partial charge is 0.158 e. The zero-order valence-corrected chi connectivity index (χ0v) is 15.3. The minimum atomic E-state index is -0.363. The molecule has 0 bridgehead atoms. The standard InChI is InChI=1S/C20H20N6O/c1-12-16(10-21)19(17(11-22)13(2)23-12)14-3-4-18-15(9-14)20(25-24-18)26-5-7-27-8-6-26/h3-4,9,19,23H,5-8H2,1-2H3,(H,24,25). The second-order valence-corrected chi connectivity index (χ2v) is 6.81. The number of hydrogen-bond acceptors (Lipinski definition) is 6. The summed E-state index contributed by atoms with van der Waals surface area (Å²) in [6, 6.07) is 10.6. The average Bonchev–Trinajstić information content (AvgIpc) is 3.11. The van der Waals surface area contributed by atoms with Crippen molar-refractivity contribution in [3.63, 3.8) is 0 Å². The molecule has 1 aromatic carbocycles. The van der Waals surface area contributed by atoms with E-state index < -0.39 is 0 Å². The second kappa shape index (κ2) is 6.79. The van der Waals surface area contributed by atoms with Crippen LogP contribution < -0.4 is 10.2 Å². The van der Waals surface area contributed by atoms with E-state index in [1.165, 1.54) is 0 Å². The third kappa shape index (κ3) is 2.83. The lowest BCUT2D eigenvalue weighted by Gasteiger charge is -2.28. The summed E-state index contributed by atoms with van der Waals surface area (Å²) in [6.07, 6.45) is 0. The van der Waals surface area contributed by atoms with Gasteiger partial charge in [0.2, 0.25) is 0 Å². The van der Waals surface area contributed by atoms with Crippen LogP contribution in [0, 0.1) is 22.7 Å². The number of anilines is 1. The van der Waals surface area contributed by atoms with Crippen molar-refractivity contribution in [1.29, 1.82) is 10.5 Å². The maximum atomic E-state index is 9.70. The first-order valence-corrected chi connectivity index (χ1v) is 8.93. The zero-order chi connectivity index (χ0) is 19.0. The summed E-state index contributed by atoms with van der Waals surface area (Å²) in [5.41, 5.74) is 4.60. The van der Waals surface area contributed by atoms with Crippen LogP contribution in [0.4, 0.5) is 5.82 Å². The number of aromatic nitrogens is 2. The van der Waals surface area contributed by atoms with Gasteiger partial charge in [-0.25, -0.2) is 0 Å². The summed E-state index contributed by atoms with van der Waals surface area (Å²) in [5, 5.41) is 31.1. The molecule has 1 fully saturated rings. The van der Waals surface area contributed by atoms with Crippen molar-refractivity contribution in [3.05, 3.63) is 46.3 Å². The lowest BCUT2D eigenvalue weighted by atomic mass is 9.81. The van der Waals surface area contributed by atoms with Crippen LogP contribution in [0.5, 0.6) is 0 Å². The molecule has 2 aromatic rings. The van der Waals surface area contributed by atoms with Gasteiger partial charge in [0.05, 0.1) is 47.9 Å². The van der Waals surface area contributed by atoms with Crippen molar-refractivity contribution in [2.75, 3.05) is 31.2 Å². The van der Waals surface area contributed by atoms with E-state index in [-0.39, 0.29) is 5.92 Å². The van der Waals surface area contributed by atoms with E-state index in [1.807, 2.05) is 26.0 Å². The maximum absolute atomic E-state index is 9.70. The highest BCUT2D eigenvalue weighted by molar-refractivity contribution is 5.91. The Balaban J connectivity index is 1.84. The predicted molar refractivity (Wildman–Crippen MR) is 102 cm³/mol. The summed E-state index contributed by atoms with van der Waals surface area (Å²) < 4.78 is 5.44. The quantitative estimate of drug-likeness (QED) is 0.854. The van der Waals surface area contributed by atoms with Crippen molar-refractivity contribution in [2.45, 2.75) is 19.8 Å². The Morgan fingerprint density at radius 2 is 1.78 bits per heavy atom. The second-order valence-electron chi connectivity index (χ2n) is 6.81. The monoisotopic (exact) mass is 360 g/mol. The Labute approximate surface area is 157 Å². The Morgan fingerprint density at radius 3 is 2.41 bits per heavy atom. The molecule has 2 N–H and O–H groups in total. The number of H-pyrrole nitrogens is 1. The number of fused-ring (bicyclic) bond motifs is 1. The molecule has 0 saturated carbocycles. The minimum absolute atomic E-state index is 0.363. The third-order valence-electron chi connectivity index (χ3n) is 5.21. The molecular formula is C20H20N6O. The molecule has 1 aromatic heterocycles. The molecule has 2 aliphatic heterocycles. The highest BCUT2D eigenvalue weighted by atomic mass is 16.5. The summed E-state index contributed by atoms with van der Waals surface area (Å²) in [5.74, 6) is 0.528. The van der Waals surface area contributed by atoms with Gasteiger partial charge in [-0.1, -0.05) is 6.07 Å². The molecule has 0 unspecified atom stereocenters. The van der Waals surface area contributed by atoms with Crippen LogP contribution in [0.15, 0.2) is 40.7 Å². The number of benzene rings is 1. The van der Waals surface area contributed by atoms with Gasteiger partial charge in [-0.15, -0.1) is 0 Å². The molecule has 4 rings (SSSR count). The zero-order valence-electron chi connectivity index (χ0n) is 15.3. The van der Waals surface area contributed by atoms with Crippen LogP contribution in [-0.4, -0.2) is 36.5 Å². The summed E-state index contributed by atoms with van der Waals surface area (Å²) in [4.78, 5) is 2.20. The largest absolute Gasteiger partial charge is 0.378 e. The number of nitriles is 2. The number of ether oxygens (including phenoxy) is 1. The molecule has 2 aliphatic rings. The fourth-order valence-electron chi connectivity index (χ4n) is 3.84. The van der Waals surface area contributed by atoms with E-state index in [0.29, 0.717) is 24.4 Å². The average molecular weight is 360 g/mol. The van der Waals surface area contributed by atoms with Gasteiger partial charge in [-0.2, -0.15) is 15.6 Å². The first kappa shape index (κ1) is 17.1. The van der Waals surface area contributed by atoms with Gasteiger partial charge in [0, 0.05) is 29.9 Å². The fraction of sp³-hybridized carbons (Fsp3) is 0.350. The molecule has 7 nitrogen and oxygen atoms in total. The van der Waals surface area contributed by atoms with Gasteiger partial charge < -0.3 is 15.0 Å². The van der Waals surface area contributed by atoms with E-state index in [4.69, 9.17) is 4.74 Å². The van der Waals surface area contributed by atoms with E-state index in [2.05, 4.69) is 38.6 Å². The Bertz CT molecular complexity index is 1010. The minimum Gasteiger partial charge on any atom is -0.378 e. The highest BCUT2D eigenvalue weighted by Gasteiger charge is 2.30. The first-order valence-electron chi connectivity index (χ1n) is 8.93. The molecule has 0 radical (unpaired) electrons. The number of allylic oxidation sites excluding steroid dienone is 4. The van der Waals surface area contributed by atoms with Gasteiger partial charge in [0.15, 0.2) is 5.82 Å². The van der Waals surface area contributed by atoms with Crippen LogP contribution >= 0.6 is 0 Å². The Hall–Kier alpha value is -3.29. The summed E-state index contributed by atoms with van der Waals surface area (Å²) in [6.45, 7) is 6.70. The van der Waals surface area contributed by atoms with Crippen molar-refractivity contribution in [2.24, 2.45) is 0 Å². The number of nitrogens with one attached hydrogen (secondary N) is 2. The molecule has 136 valence electrons.